The van der Waals surface area contributed by atoms with E-state index in [4.69, 9.17) is 5.73 Å². The molecule has 1 aromatic carbocycles. The standard InChI is InChI=1S/C23H29F4N9O/c1-12-32-33-34-36(12)15-9-14(7-8-16(15)37-23(25,26)27)29-20-30-18(17(24)19(28)31-20)13-10-21(2,3)35(6)22(4,5)11-13/h7-9,13H,10-11H2,1-6H3,(H3,28,29,30,31). The molecule has 3 aromatic rings. The first kappa shape index (κ1) is 26.5. The summed E-state index contributed by atoms with van der Waals surface area (Å²) in [6.45, 7) is 9.90. The molecule has 1 aliphatic rings. The Balaban J connectivity index is 1.71. The Morgan fingerprint density at radius 2 is 1.76 bits per heavy atom. The van der Waals surface area contributed by atoms with Gasteiger partial charge in [-0.2, -0.15) is 9.67 Å². The maximum Gasteiger partial charge on any atom is 0.573 e. The minimum Gasteiger partial charge on any atom is -0.403 e. The molecule has 0 atom stereocenters. The number of nitrogens with one attached hydrogen (secondary N) is 1. The van der Waals surface area contributed by atoms with Crippen molar-refractivity contribution >= 4 is 17.5 Å². The number of nitrogens with zero attached hydrogens (tertiary/aromatic N) is 7. The van der Waals surface area contributed by atoms with Gasteiger partial charge in [-0.1, -0.05) is 0 Å². The van der Waals surface area contributed by atoms with E-state index >= 15 is 4.39 Å². The molecule has 200 valence electrons. The molecule has 0 aliphatic carbocycles. The van der Waals surface area contributed by atoms with Crippen LogP contribution in [0.3, 0.4) is 0 Å². The number of piperidine rings is 1. The van der Waals surface area contributed by atoms with Gasteiger partial charge in [-0.05, 0) is 83.1 Å². The van der Waals surface area contributed by atoms with Crippen LogP contribution in [0, 0.1) is 12.7 Å². The maximum absolute atomic E-state index is 15.2. The van der Waals surface area contributed by atoms with Gasteiger partial charge < -0.3 is 15.8 Å². The number of hydrogen-bond acceptors (Lipinski definition) is 9. The van der Waals surface area contributed by atoms with E-state index in [1.807, 2.05) is 7.05 Å². The van der Waals surface area contributed by atoms with Gasteiger partial charge in [0.25, 0.3) is 0 Å². The molecule has 1 aliphatic heterocycles. The lowest BCUT2D eigenvalue weighted by molar-refractivity contribution is -0.274. The molecule has 0 unspecified atom stereocenters. The van der Waals surface area contributed by atoms with Gasteiger partial charge >= 0.3 is 6.36 Å². The summed E-state index contributed by atoms with van der Waals surface area (Å²) in [5, 5.41) is 13.8. The zero-order valence-corrected chi connectivity index (χ0v) is 21.4. The van der Waals surface area contributed by atoms with Gasteiger partial charge in [0.1, 0.15) is 5.69 Å². The van der Waals surface area contributed by atoms with Crippen molar-refractivity contribution in [2.24, 2.45) is 0 Å². The van der Waals surface area contributed by atoms with Gasteiger partial charge in [-0.15, -0.1) is 18.3 Å². The highest BCUT2D eigenvalue weighted by Gasteiger charge is 2.45. The van der Waals surface area contributed by atoms with Crippen molar-refractivity contribution in [3.05, 3.63) is 35.5 Å². The summed E-state index contributed by atoms with van der Waals surface area (Å²) in [5.74, 6) is -1.49. The summed E-state index contributed by atoms with van der Waals surface area (Å²) in [5.41, 5.74) is 5.88. The third-order valence-corrected chi connectivity index (χ3v) is 6.89. The van der Waals surface area contributed by atoms with Crippen LogP contribution in [-0.2, 0) is 0 Å². The van der Waals surface area contributed by atoms with Gasteiger partial charge in [-0.25, -0.2) is 9.37 Å². The van der Waals surface area contributed by atoms with Crippen LogP contribution in [-0.4, -0.2) is 59.6 Å². The van der Waals surface area contributed by atoms with E-state index in [9.17, 15) is 13.2 Å². The highest BCUT2D eigenvalue weighted by Crippen LogP contribution is 2.45. The van der Waals surface area contributed by atoms with Gasteiger partial charge in [-0.3, -0.25) is 4.90 Å². The lowest BCUT2D eigenvalue weighted by atomic mass is 9.73. The number of benzene rings is 1. The number of nitrogen functional groups attached to an aromatic ring is 1. The minimum atomic E-state index is -4.93. The SMILES string of the molecule is Cc1nnnn1-c1cc(Nc2nc(N)c(F)c(C3CC(C)(C)N(C)C(C)(C)C3)n2)ccc1OC(F)(F)F. The molecule has 0 radical (unpaired) electrons. The molecule has 14 heteroatoms. The predicted octanol–water partition coefficient (Wildman–Crippen LogP) is 4.49. The minimum absolute atomic E-state index is 0.00678. The molecule has 0 saturated carbocycles. The van der Waals surface area contributed by atoms with Crippen molar-refractivity contribution in [3.63, 3.8) is 0 Å². The highest BCUT2D eigenvalue weighted by atomic mass is 19.4. The normalized spacial score (nSPS) is 18.1. The average Bonchev–Trinajstić information content (AvgIpc) is 3.19. The van der Waals surface area contributed by atoms with Crippen molar-refractivity contribution in [2.75, 3.05) is 18.1 Å². The molecule has 0 spiro atoms. The first-order valence-corrected chi connectivity index (χ1v) is 11.6. The van der Waals surface area contributed by atoms with Crippen LogP contribution in [0.4, 0.5) is 35.0 Å². The van der Waals surface area contributed by atoms with Gasteiger partial charge in [0.2, 0.25) is 5.95 Å². The average molecular weight is 524 g/mol. The molecule has 1 saturated heterocycles. The molecule has 2 aromatic heterocycles. The van der Waals surface area contributed by atoms with E-state index < -0.39 is 17.9 Å². The Labute approximate surface area is 211 Å². The lowest BCUT2D eigenvalue weighted by Crippen LogP contribution is -2.58. The predicted molar refractivity (Wildman–Crippen MR) is 128 cm³/mol. The Hall–Kier alpha value is -3.55. The van der Waals surface area contributed by atoms with Crippen molar-refractivity contribution in [2.45, 2.75) is 70.8 Å². The van der Waals surface area contributed by atoms with E-state index in [1.165, 1.54) is 19.1 Å². The summed E-state index contributed by atoms with van der Waals surface area (Å²) >= 11 is 0. The van der Waals surface area contributed by atoms with Crippen LogP contribution in [0.15, 0.2) is 18.2 Å². The second-order valence-corrected chi connectivity index (χ2v) is 10.4. The fourth-order valence-electron chi connectivity index (χ4n) is 4.93. The second-order valence-electron chi connectivity index (χ2n) is 10.4. The molecule has 3 N–H and O–H groups in total. The number of hydrogen-bond donors (Lipinski definition) is 2. The summed E-state index contributed by atoms with van der Waals surface area (Å²) in [6, 6.07) is 3.80. The zero-order chi connectivity index (χ0) is 27.3. The van der Waals surface area contributed by atoms with E-state index in [0.717, 1.165) is 10.7 Å². The Morgan fingerprint density at radius 3 is 2.32 bits per heavy atom. The number of aromatic nitrogens is 6. The fourth-order valence-corrected chi connectivity index (χ4v) is 4.93. The summed E-state index contributed by atoms with van der Waals surface area (Å²) in [6.07, 6.45) is -3.64. The van der Waals surface area contributed by atoms with Crippen LogP contribution in [0.5, 0.6) is 5.75 Å². The summed E-state index contributed by atoms with van der Waals surface area (Å²) in [7, 11) is 2.05. The number of tetrazole rings is 1. The van der Waals surface area contributed by atoms with Crippen LogP contribution in [0.2, 0.25) is 0 Å². The molecule has 4 rings (SSSR count). The van der Waals surface area contributed by atoms with E-state index in [-0.39, 0.29) is 46.0 Å². The third kappa shape index (κ3) is 5.43. The zero-order valence-electron chi connectivity index (χ0n) is 21.4. The monoisotopic (exact) mass is 523 g/mol. The molecule has 0 amide bonds. The van der Waals surface area contributed by atoms with Crippen molar-refractivity contribution in [1.29, 1.82) is 0 Å². The van der Waals surface area contributed by atoms with E-state index in [2.05, 4.69) is 68.1 Å². The first-order valence-electron chi connectivity index (χ1n) is 11.6. The molecule has 0 bridgehead atoms. The number of aryl methyl sites for hydroxylation is 1. The summed E-state index contributed by atoms with van der Waals surface area (Å²) < 4.78 is 59.3. The molecule has 37 heavy (non-hydrogen) atoms. The first-order chi connectivity index (χ1) is 17.1. The number of rotatable bonds is 5. The Bertz CT molecular complexity index is 1290. The van der Waals surface area contributed by atoms with Gasteiger partial charge in [0, 0.05) is 22.7 Å². The number of nitrogens with two attached hydrogens (primary N) is 1. The highest BCUT2D eigenvalue weighted by molar-refractivity contribution is 5.63. The van der Waals surface area contributed by atoms with Gasteiger partial charge in [0.15, 0.2) is 23.2 Å². The Kier molecular flexibility index (Phi) is 6.51. The van der Waals surface area contributed by atoms with E-state index in [1.54, 1.807) is 0 Å². The van der Waals surface area contributed by atoms with Crippen molar-refractivity contribution in [3.8, 4) is 11.4 Å². The maximum atomic E-state index is 15.2. The smallest absolute Gasteiger partial charge is 0.403 e. The topological polar surface area (TPSA) is 120 Å². The quantitative estimate of drug-likeness (QED) is 0.466. The fraction of sp³-hybridized carbons (Fsp3) is 0.522. The number of alkyl halides is 3. The summed E-state index contributed by atoms with van der Waals surface area (Å²) in [4.78, 5) is 10.7. The molecule has 3 heterocycles. The van der Waals surface area contributed by atoms with Crippen molar-refractivity contribution in [1.82, 2.24) is 35.1 Å². The van der Waals surface area contributed by atoms with E-state index in [0.29, 0.717) is 18.5 Å². The van der Waals surface area contributed by atoms with Crippen molar-refractivity contribution < 1.29 is 22.3 Å². The van der Waals surface area contributed by atoms with Crippen LogP contribution in [0.1, 0.15) is 58.0 Å². The van der Waals surface area contributed by atoms with Crippen LogP contribution in [0.25, 0.3) is 5.69 Å². The molecular formula is C23H29F4N9O. The molecule has 10 nitrogen and oxygen atoms in total. The third-order valence-electron chi connectivity index (χ3n) is 6.89. The van der Waals surface area contributed by atoms with Gasteiger partial charge in [0.05, 0.1) is 5.69 Å². The second kappa shape index (κ2) is 9.08. The number of halogens is 4. The molecular weight excluding hydrogens is 494 g/mol. The molecule has 1 fully saturated rings. The van der Waals surface area contributed by atoms with Crippen LogP contribution >= 0.6 is 0 Å². The Morgan fingerprint density at radius 1 is 1.11 bits per heavy atom. The largest absolute Gasteiger partial charge is 0.573 e. The number of anilines is 3. The lowest BCUT2D eigenvalue weighted by Gasteiger charge is -2.53. The number of likely N-dealkylation sites (tertiary alicyclic amines) is 1. The van der Waals surface area contributed by atoms with Crippen LogP contribution < -0.4 is 15.8 Å². The number of ether oxygens (including phenoxy) is 1.